The molecule has 0 unspecified atom stereocenters. The van der Waals surface area contributed by atoms with Crippen molar-refractivity contribution >= 4 is 33.5 Å². The van der Waals surface area contributed by atoms with E-state index in [1.165, 1.54) is 4.57 Å². The lowest BCUT2D eigenvalue weighted by Crippen LogP contribution is -2.40. The Morgan fingerprint density at radius 2 is 2.04 bits per heavy atom. The molecule has 0 bridgehead atoms. The van der Waals surface area contributed by atoms with E-state index in [0.717, 1.165) is 22.0 Å². The van der Waals surface area contributed by atoms with E-state index in [9.17, 15) is 9.59 Å². The van der Waals surface area contributed by atoms with Gasteiger partial charge in [0.1, 0.15) is 17.1 Å². The van der Waals surface area contributed by atoms with Gasteiger partial charge in [-0.05, 0) is 66.4 Å². The van der Waals surface area contributed by atoms with Gasteiger partial charge in [0.05, 0.1) is 0 Å². The molecule has 7 nitrogen and oxygen atoms in total. The van der Waals surface area contributed by atoms with Crippen LogP contribution in [0.3, 0.4) is 0 Å². The van der Waals surface area contributed by atoms with Gasteiger partial charge in [-0.1, -0.05) is 0 Å². The molecular formula is C19H23BrN4O3. The molecule has 1 aliphatic heterocycles. The summed E-state index contributed by atoms with van der Waals surface area (Å²) in [6.45, 7) is 6.62. The maximum absolute atomic E-state index is 12.3. The van der Waals surface area contributed by atoms with Gasteiger partial charge in [0.2, 0.25) is 0 Å². The van der Waals surface area contributed by atoms with Crippen molar-refractivity contribution in [3.63, 3.8) is 0 Å². The second kappa shape index (κ2) is 7.34. The monoisotopic (exact) mass is 434 g/mol. The second-order valence-corrected chi connectivity index (χ2v) is 8.52. The molecular weight excluding hydrogens is 412 g/mol. The maximum Gasteiger partial charge on any atom is 0.410 e. The molecule has 3 rings (SSSR count). The molecule has 0 fully saturated rings. The van der Waals surface area contributed by atoms with Crippen molar-refractivity contribution in [2.75, 3.05) is 11.9 Å². The van der Waals surface area contributed by atoms with E-state index >= 15 is 0 Å². The molecule has 0 aromatic carbocycles. The Kier molecular flexibility index (Phi) is 5.28. The fraction of sp³-hybridized carbons (Fsp3) is 0.421. The van der Waals surface area contributed by atoms with Crippen molar-refractivity contribution in [1.29, 1.82) is 0 Å². The van der Waals surface area contributed by atoms with E-state index < -0.39 is 5.60 Å². The average molecular weight is 435 g/mol. The van der Waals surface area contributed by atoms with Crippen LogP contribution in [0.4, 0.5) is 16.3 Å². The fourth-order valence-corrected chi connectivity index (χ4v) is 3.42. The predicted octanol–water partition coefficient (Wildman–Crippen LogP) is 3.58. The van der Waals surface area contributed by atoms with Gasteiger partial charge in [0.25, 0.3) is 5.56 Å². The number of hydrogen-bond donors (Lipinski definition) is 1. The van der Waals surface area contributed by atoms with Crippen molar-refractivity contribution in [2.45, 2.75) is 39.3 Å². The zero-order valence-electron chi connectivity index (χ0n) is 15.9. The number of hydrogen-bond acceptors (Lipinski definition) is 5. The zero-order chi connectivity index (χ0) is 19.8. The Hall–Kier alpha value is -2.35. The molecule has 2 aromatic rings. The minimum absolute atomic E-state index is 0.145. The number of anilines is 2. The summed E-state index contributed by atoms with van der Waals surface area (Å²) in [6, 6.07) is 3.60. The highest BCUT2D eigenvalue weighted by atomic mass is 79.9. The minimum atomic E-state index is -0.525. The smallest absolute Gasteiger partial charge is 0.410 e. The summed E-state index contributed by atoms with van der Waals surface area (Å²) in [7, 11) is 1.69. The Labute approximate surface area is 166 Å². The number of rotatable bonds is 2. The number of halogens is 1. The van der Waals surface area contributed by atoms with Gasteiger partial charge in [-0.3, -0.25) is 4.79 Å². The first-order valence-electron chi connectivity index (χ1n) is 8.71. The lowest BCUT2D eigenvalue weighted by Gasteiger charge is -2.31. The molecule has 0 radical (unpaired) electrons. The molecule has 1 aliphatic rings. The third-order valence-corrected chi connectivity index (χ3v) is 4.59. The quantitative estimate of drug-likeness (QED) is 0.781. The molecule has 8 heteroatoms. The van der Waals surface area contributed by atoms with Crippen LogP contribution in [0.2, 0.25) is 0 Å². The number of aryl methyl sites for hydroxylation is 1. The summed E-state index contributed by atoms with van der Waals surface area (Å²) in [5.41, 5.74) is 1.86. The van der Waals surface area contributed by atoms with Gasteiger partial charge < -0.3 is 19.5 Å². The molecule has 1 N–H and O–H groups in total. The van der Waals surface area contributed by atoms with Crippen LogP contribution in [0.15, 0.2) is 33.8 Å². The van der Waals surface area contributed by atoms with Crippen LogP contribution in [0.1, 0.15) is 31.9 Å². The minimum Gasteiger partial charge on any atom is -0.444 e. The van der Waals surface area contributed by atoms with Crippen LogP contribution >= 0.6 is 15.9 Å². The van der Waals surface area contributed by atoms with Crippen LogP contribution in [0.25, 0.3) is 0 Å². The van der Waals surface area contributed by atoms with Gasteiger partial charge in [-0.15, -0.1) is 0 Å². The van der Waals surface area contributed by atoms with E-state index in [2.05, 4.69) is 26.2 Å². The Bertz CT molecular complexity index is 934. The van der Waals surface area contributed by atoms with Crippen LogP contribution in [0, 0.1) is 0 Å². The fourth-order valence-electron chi connectivity index (χ4n) is 2.89. The molecule has 0 saturated carbocycles. The molecule has 0 aliphatic carbocycles. The van der Waals surface area contributed by atoms with E-state index in [1.54, 1.807) is 30.4 Å². The number of amides is 1. The molecule has 144 valence electrons. The van der Waals surface area contributed by atoms with Crippen molar-refractivity contribution < 1.29 is 9.53 Å². The van der Waals surface area contributed by atoms with Gasteiger partial charge in [0.15, 0.2) is 0 Å². The topological polar surface area (TPSA) is 76.5 Å². The number of fused-ring (bicyclic) bond motifs is 1. The largest absolute Gasteiger partial charge is 0.444 e. The summed E-state index contributed by atoms with van der Waals surface area (Å²) < 4.78 is 7.75. The van der Waals surface area contributed by atoms with Crippen molar-refractivity contribution in [3.8, 4) is 0 Å². The summed E-state index contributed by atoms with van der Waals surface area (Å²) in [6.07, 6.45) is 3.90. The first kappa shape index (κ1) is 19.4. The van der Waals surface area contributed by atoms with Gasteiger partial charge in [-0.25, -0.2) is 9.78 Å². The summed E-state index contributed by atoms with van der Waals surface area (Å²) in [4.78, 5) is 30.7. The van der Waals surface area contributed by atoms with Gasteiger partial charge in [-0.2, -0.15) is 0 Å². The van der Waals surface area contributed by atoms with E-state index in [1.807, 2.05) is 26.8 Å². The van der Waals surface area contributed by atoms with E-state index in [-0.39, 0.29) is 11.7 Å². The zero-order valence-corrected chi connectivity index (χ0v) is 17.5. The summed E-state index contributed by atoms with van der Waals surface area (Å²) >= 11 is 3.39. The number of nitrogens with one attached hydrogen (secondary N) is 1. The first-order valence-corrected chi connectivity index (χ1v) is 9.50. The van der Waals surface area contributed by atoms with E-state index in [4.69, 9.17) is 4.74 Å². The van der Waals surface area contributed by atoms with Crippen molar-refractivity contribution in [3.05, 3.63) is 50.5 Å². The first-order chi connectivity index (χ1) is 12.6. The normalized spacial score (nSPS) is 13.9. The average Bonchev–Trinajstić information content (AvgIpc) is 2.57. The third kappa shape index (κ3) is 4.68. The van der Waals surface area contributed by atoms with E-state index in [0.29, 0.717) is 24.6 Å². The molecule has 0 spiro atoms. The molecule has 0 saturated heterocycles. The SMILES string of the molecule is Cn1cc(Br)cc(Nc2cc3c(cn2)CCN(C(=O)OC(C)(C)C)C3)c1=O. The lowest BCUT2D eigenvalue weighted by molar-refractivity contribution is 0.0224. The standard InChI is InChI=1S/C19H23BrN4O3/c1-19(2,3)27-18(26)24-6-5-12-9-21-16(7-13(12)10-24)22-15-8-14(20)11-23(4)17(15)25/h7-9,11H,5-6,10H2,1-4H3,(H,21,22). The molecule has 1 amide bonds. The number of nitrogens with zero attached hydrogens (tertiary/aromatic N) is 3. The number of ether oxygens (including phenoxy) is 1. The van der Waals surface area contributed by atoms with Gasteiger partial charge in [0, 0.05) is 37.0 Å². The predicted molar refractivity (Wildman–Crippen MR) is 107 cm³/mol. The van der Waals surface area contributed by atoms with Crippen LogP contribution in [-0.2, 0) is 24.8 Å². The Balaban J connectivity index is 1.80. The summed E-state index contributed by atoms with van der Waals surface area (Å²) in [5.74, 6) is 0.565. The maximum atomic E-state index is 12.3. The molecule has 0 atom stereocenters. The number of aromatic nitrogens is 2. The Morgan fingerprint density at radius 1 is 1.30 bits per heavy atom. The highest BCUT2D eigenvalue weighted by Gasteiger charge is 2.26. The molecule has 27 heavy (non-hydrogen) atoms. The third-order valence-electron chi connectivity index (χ3n) is 4.16. The second-order valence-electron chi connectivity index (χ2n) is 7.60. The molecule has 3 heterocycles. The highest BCUT2D eigenvalue weighted by Crippen LogP contribution is 2.24. The van der Waals surface area contributed by atoms with Crippen LogP contribution < -0.4 is 10.9 Å². The number of carbonyl (C=O) groups excluding carboxylic acids is 1. The lowest BCUT2D eigenvalue weighted by atomic mass is 10.0. The van der Waals surface area contributed by atoms with Crippen molar-refractivity contribution in [1.82, 2.24) is 14.5 Å². The number of carbonyl (C=O) groups is 1. The van der Waals surface area contributed by atoms with Crippen LogP contribution in [0.5, 0.6) is 0 Å². The van der Waals surface area contributed by atoms with Crippen LogP contribution in [-0.4, -0.2) is 32.7 Å². The Morgan fingerprint density at radius 3 is 2.74 bits per heavy atom. The molecule has 2 aromatic heterocycles. The van der Waals surface area contributed by atoms with Gasteiger partial charge >= 0.3 is 6.09 Å². The number of pyridine rings is 2. The summed E-state index contributed by atoms with van der Waals surface area (Å²) in [5, 5.41) is 3.08. The highest BCUT2D eigenvalue weighted by molar-refractivity contribution is 9.10. The van der Waals surface area contributed by atoms with Crippen molar-refractivity contribution in [2.24, 2.45) is 7.05 Å².